The lowest BCUT2D eigenvalue weighted by Crippen LogP contribution is -2.46. The number of halogens is 1. The molecule has 26 heavy (non-hydrogen) atoms. The van der Waals surface area contributed by atoms with Gasteiger partial charge in [0.15, 0.2) is 5.78 Å². The molecule has 2 saturated heterocycles. The second-order valence-electron chi connectivity index (χ2n) is 7.45. The maximum absolute atomic E-state index is 13.2. The topological polar surface area (TPSA) is 37.4 Å². The summed E-state index contributed by atoms with van der Waals surface area (Å²) >= 11 is 0. The molecule has 1 unspecified atom stereocenters. The van der Waals surface area contributed by atoms with Crippen molar-refractivity contribution in [2.75, 3.05) is 0 Å². The van der Waals surface area contributed by atoms with Crippen molar-refractivity contribution in [2.24, 2.45) is 0 Å². The summed E-state index contributed by atoms with van der Waals surface area (Å²) in [6.45, 7) is 1.52. The standard InChI is InChI=1S/C22H22FNO2/c1-14(25)16-3-2-4-17(11-16)22(26)24-20-9-10-21(24)13-18(12-20)15-5-7-19(23)8-6-15/h2-8,11,18,20-21H,9-10,12-13H2,1H3/t18?,20-,21+. The second-order valence-corrected chi connectivity index (χ2v) is 7.45. The van der Waals surface area contributed by atoms with Crippen molar-refractivity contribution in [3.05, 3.63) is 71.0 Å². The number of hydrogen-bond acceptors (Lipinski definition) is 2. The fourth-order valence-electron chi connectivity index (χ4n) is 4.54. The number of hydrogen-bond donors (Lipinski definition) is 0. The zero-order valence-corrected chi connectivity index (χ0v) is 14.8. The summed E-state index contributed by atoms with van der Waals surface area (Å²) in [4.78, 5) is 26.7. The highest BCUT2D eigenvalue weighted by molar-refractivity contribution is 6.00. The molecule has 0 spiro atoms. The summed E-state index contributed by atoms with van der Waals surface area (Å²) in [6.07, 6.45) is 3.86. The third-order valence-electron chi connectivity index (χ3n) is 5.83. The molecule has 4 heteroatoms. The monoisotopic (exact) mass is 351 g/mol. The lowest BCUT2D eigenvalue weighted by molar-refractivity contribution is 0.0571. The first-order valence-electron chi connectivity index (χ1n) is 9.22. The van der Waals surface area contributed by atoms with E-state index < -0.39 is 0 Å². The van der Waals surface area contributed by atoms with Crippen LogP contribution in [0.2, 0.25) is 0 Å². The molecular weight excluding hydrogens is 329 g/mol. The van der Waals surface area contributed by atoms with Gasteiger partial charge in [-0.1, -0.05) is 24.3 Å². The predicted octanol–water partition coefficient (Wildman–Crippen LogP) is 4.58. The minimum Gasteiger partial charge on any atom is -0.333 e. The Morgan fingerprint density at radius 2 is 1.58 bits per heavy atom. The molecule has 0 N–H and O–H groups in total. The van der Waals surface area contributed by atoms with E-state index in [4.69, 9.17) is 0 Å². The largest absolute Gasteiger partial charge is 0.333 e. The quantitative estimate of drug-likeness (QED) is 0.759. The van der Waals surface area contributed by atoms with Crippen LogP contribution in [0.15, 0.2) is 48.5 Å². The van der Waals surface area contributed by atoms with Gasteiger partial charge in [0.25, 0.3) is 5.91 Å². The van der Waals surface area contributed by atoms with Crippen LogP contribution in [0.25, 0.3) is 0 Å². The fraction of sp³-hybridized carbons (Fsp3) is 0.364. The van der Waals surface area contributed by atoms with Gasteiger partial charge in [-0.05, 0) is 68.4 Å². The highest BCUT2D eigenvalue weighted by Gasteiger charge is 2.43. The summed E-state index contributed by atoms with van der Waals surface area (Å²) in [5.41, 5.74) is 2.33. The van der Waals surface area contributed by atoms with Gasteiger partial charge in [-0.25, -0.2) is 4.39 Å². The lowest BCUT2D eigenvalue weighted by Gasteiger charge is -2.39. The highest BCUT2D eigenvalue weighted by atomic mass is 19.1. The Balaban J connectivity index is 1.55. The lowest BCUT2D eigenvalue weighted by atomic mass is 9.84. The molecule has 4 rings (SSSR count). The molecule has 0 saturated carbocycles. The van der Waals surface area contributed by atoms with Crippen LogP contribution in [0.3, 0.4) is 0 Å². The zero-order chi connectivity index (χ0) is 18.3. The average molecular weight is 351 g/mol. The SMILES string of the molecule is CC(=O)c1cccc(C(=O)N2[C@@H]3CC[C@H]2CC(c2ccc(F)cc2)C3)c1. The molecule has 3 nitrogen and oxygen atoms in total. The minimum absolute atomic E-state index is 0.0261. The summed E-state index contributed by atoms with van der Waals surface area (Å²) < 4.78 is 13.2. The van der Waals surface area contributed by atoms with E-state index in [9.17, 15) is 14.0 Å². The van der Waals surface area contributed by atoms with Crippen molar-refractivity contribution in [3.63, 3.8) is 0 Å². The Morgan fingerprint density at radius 3 is 2.19 bits per heavy atom. The van der Waals surface area contributed by atoms with Gasteiger partial charge in [0.1, 0.15) is 5.82 Å². The summed E-state index contributed by atoms with van der Waals surface area (Å²) in [6, 6.07) is 14.2. The number of amides is 1. The first kappa shape index (κ1) is 17.0. The fourth-order valence-corrected chi connectivity index (χ4v) is 4.54. The number of Topliss-reactive ketones (excluding diaryl/α,β-unsaturated/α-hetero) is 1. The van der Waals surface area contributed by atoms with Gasteiger partial charge in [-0.15, -0.1) is 0 Å². The van der Waals surface area contributed by atoms with Gasteiger partial charge >= 0.3 is 0 Å². The minimum atomic E-state index is -0.213. The second kappa shape index (κ2) is 6.67. The van der Waals surface area contributed by atoms with Gasteiger partial charge < -0.3 is 4.90 Å². The van der Waals surface area contributed by atoms with Crippen molar-refractivity contribution >= 4 is 11.7 Å². The van der Waals surface area contributed by atoms with E-state index in [2.05, 4.69) is 0 Å². The molecule has 134 valence electrons. The summed E-state index contributed by atoms with van der Waals surface area (Å²) in [5.74, 6) is 0.159. The van der Waals surface area contributed by atoms with Gasteiger partial charge in [0.2, 0.25) is 0 Å². The number of piperidine rings is 1. The maximum Gasteiger partial charge on any atom is 0.254 e. The summed E-state index contributed by atoms with van der Waals surface area (Å²) in [5, 5.41) is 0. The summed E-state index contributed by atoms with van der Waals surface area (Å²) in [7, 11) is 0. The van der Waals surface area contributed by atoms with E-state index in [1.807, 2.05) is 17.0 Å². The van der Waals surface area contributed by atoms with Crippen molar-refractivity contribution in [3.8, 4) is 0 Å². The molecule has 2 aliphatic heterocycles. The van der Waals surface area contributed by atoms with Crippen LogP contribution in [0, 0.1) is 5.82 Å². The number of fused-ring (bicyclic) bond motifs is 2. The molecule has 2 fully saturated rings. The van der Waals surface area contributed by atoms with E-state index >= 15 is 0 Å². The molecule has 3 atom stereocenters. The third-order valence-corrected chi connectivity index (χ3v) is 5.83. The van der Waals surface area contributed by atoms with E-state index in [0.717, 1.165) is 31.2 Å². The number of benzene rings is 2. The maximum atomic E-state index is 13.2. The Hall–Kier alpha value is -2.49. The molecule has 2 aromatic carbocycles. The van der Waals surface area contributed by atoms with Gasteiger partial charge in [-0.2, -0.15) is 0 Å². The molecule has 1 amide bonds. The van der Waals surface area contributed by atoms with Crippen LogP contribution in [0.5, 0.6) is 0 Å². The normalized spacial score (nSPS) is 24.5. The van der Waals surface area contributed by atoms with E-state index in [1.54, 1.807) is 24.3 Å². The van der Waals surface area contributed by atoms with Gasteiger partial charge in [-0.3, -0.25) is 9.59 Å². The number of ketones is 1. The average Bonchev–Trinajstić information content (AvgIpc) is 2.91. The number of rotatable bonds is 3. The van der Waals surface area contributed by atoms with Crippen molar-refractivity contribution in [1.29, 1.82) is 0 Å². The van der Waals surface area contributed by atoms with Crippen LogP contribution in [-0.4, -0.2) is 28.7 Å². The molecule has 2 heterocycles. The Kier molecular flexibility index (Phi) is 4.35. The predicted molar refractivity (Wildman–Crippen MR) is 97.8 cm³/mol. The molecular formula is C22H22FNO2. The molecule has 2 bridgehead atoms. The van der Waals surface area contributed by atoms with E-state index in [0.29, 0.717) is 17.0 Å². The first-order chi connectivity index (χ1) is 12.5. The van der Waals surface area contributed by atoms with Crippen molar-refractivity contribution in [2.45, 2.75) is 50.6 Å². The van der Waals surface area contributed by atoms with Crippen LogP contribution in [0.1, 0.15) is 64.8 Å². The van der Waals surface area contributed by atoms with Crippen molar-refractivity contribution in [1.82, 2.24) is 4.90 Å². The molecule has 2 aliphatic rings. The molecule has 0 aliphatic carbocycles. The van der Waals surface area contributed by atoms with Crippen LogP contribution < -0.4 is 0 Å². The smallest absolute Gasteiger partial charge is 0.254 e. The van der Waals surface area contributed by atoms with E-state index in [-0.39, 0.29) is 29.6 Å². The molecule has 0 radical (unpaired) electrons. The third kappa shape index (κ3) is 3.05. The Bertz CT molecular complexity index is 831. The molecule has 2 aromatic rings. The van der Waals surface area contributed by atoms with Crippen LogP contribution in [-0.2, 0) is 0 Å². The first-order valence-corrected chi connectivity index (χ1v) is 9.22. The number of nitrogens with zero attached hydrogens (tertiary/aromatic N) is 1. The Morgan fingerprint density at radius 1 is 0.962 bits per heavy atom. The number of carbonyl (C=O) groups is 2. The highest BCUT2D eigenvalue weighted by Crippen LogP contribution is 2.43. The van der Waals surface area contributed by atoms with Crippen LogP contribution >= 0.6 is 0 Å². The number of carbonyl (C=O) groups excluding carboxylic acids is 2. The van der Waals surface area contributed by atoms with E-state index in [1.165, 1.54) is 19.1 Å². The van der Waals surface area contributed by atoms with Crippen LogP contribution in [0.4, 0.5) is 4.39 Å². The Labute approximate surface area is 152 Å². The zero-order valence-electron chi connectivity index (χ0n) is 14.8. The van der Waals surface area contributed by atoms with Gasteiger partial charge in [0, 0.05) is 23.2 Å². The molecule has 0 aromatic heterocycles. The van der Waals surface area contributed by atoms with Gasteiger partial charge in [0.05, 0.1) is 0 Å². The van der Waals surface area contributed by atoms with Crippen molar-refractivity contribution < 1.29 is 14.0 Å².